The van der Waals surface area contributed by atoms with E-state index >= 15 is 0 Å². The largest absolute Gasteiger partial charge is 0.444 e. The number of amides is 3. The third-order valence-corrected chi connectivity index (χ3v) is 3.47. The van der Waals surface area contributed by atoms with Crippen LogP contribution in [0, 0.1) is 0 Å². The van der Waals surface area contributed by atoms with E-state index in [1.807, 2.05) is 4.90 Å². The lowest BCUT2D eigenvalue weighted by atomic mass is 10.2. The van der Waals surface area contributed by atoms with Crippen LogP contribution in [0.4, 0.5) is 15.5 Å². The number of urea groups is 1. The average Bonchev–Trinajstić information content (AvgIpc) is 2.58. The Kier molecular flexibility index (Phi) is 6.37. The van der Waals surface area contributed by atoms with Crippen molar-refractivity contribution in [3.8, 4) is 0 Å². The average molecular weight is 350 g/mol. The normalized spacial score (nSPS) is 14.8. The van der Waals surface area contributed by atoms with Crippen LogP contribution < -0.4 is 15.5 Å². The van der Waals surface area contributed by atoms with E-state index < -0.39 is 11.7 Å². The smallest absolute Gasteiger partial charge is 0.407 e. The number of alkyl carbamates (subject to hydrolysis) is 1. The fourth-order valence-corrected chi connectivity index (χ4v) is 2.32. The van der Waals surface area contributed by atoms with Crippen molar-refractivity contribution < 1.29 is 14.3 Å². The van der Waals surface area contributed by atoms with Gasteiger partial charge in [0, 0.05) is 51.7 Å². The molecule has 25 heavy (non-hydrogen) atoms. The Bertz CT molecular complexity index is 567. The summed E-state index contributed by atoms with van der Waals surface area (Å²) >= 11 is 0. The van der Waals surface area contributed by atoms with E-state index in [4.69, 9.17) is 4.74 Å². The van der Waals surface area contributed by atoms with Crippen LogP contribution in [0.15, 0.2) is 18.5 Å². The first-order valence-electron chi connectivity index (χ1n) is 8.37. The molecule has 1 saturated heterocycles. The number of carbonyl (C=O) groups is 2. The highest BCUT2D eigenvalue weighted by molar-refractivity contribution is 5.74. The molecule has 0 radical (unpaired) electrons. The Balaban J connectivity index is 1.63. The highest BCUT2D eigenvalue weighted by Crippen LogP contribution is 2.09. The first kappa shape index (κ1) is 18.8. The zero-order valence-electron chi connectivity index (χ0n) is 15.0. The number of rotatable bonds is 4. The third-order valence-electron chi connectivity index (χ3n) is 3.47. The number of piperazine rings is 1. The summed E-state index contributed by atoms with van der Waals surface area (Å²) in [7, 11) is 0. The van der Waals surface area contributed by atoms with Crippen molar-refractivity contribution >= 4 is 18.1 Å². The molecule has 1 aromatic rings. The number of carbonyl (C=O) groups excluding carboxylic acids is 2. The quantitative estimate of drug-likeness (QED) is 0.781. The highest BCUT2D eigenvalue weighted by Gasteiger charge is 2.22. The summed E-state index contributed by atoms with van der Waals surface area (Å²) in [5.74, 6) is 0.684. The van der Waals surface area contributed by atoms with Gasteiger partial charge in [-0.3, -0.25) is 0 Å². The minimum atomic E-state index is -0.532. The second-order valence-electron chi connectivity index (χ2n) is 6.68. The van der Waals surface area contributed by atoms with E-state index in [-0.39, 0.29) is 6.03 Å². The Labute approximate surface area is 147 Å². The summed E-state index contributed by atoms with van der Waals surface area (Å²) in [5, 5.41) is 5.40. The molecule has 0 spiro atoms. The molecule has 2 rings (SSSR count). The van der Waals surface area contributed by atoms with Gasteiger partial charge >= 0.3 is 12.1 Å². The molecule has 9 nitrogen and oxygen atoms in total. The third kappa shape index (κ3) is 6.44. The molecule has 2 heterocycles. The lowest BCUT2D eigenvalue weighted by Crippen LogP contribution is -2.53. The zero-order valence-corrected chi connectivity index (χ0v) is 15.0. The minimum Gasteiger partial charge on any atom is -0.444 e. The van der Waals surface area contributed by atoms with Gasteiger partial charge in [0.15, 0.2) is 0 Å². The molecular formula is C16H26N6O3. The summed E-state index contributed by atoms with van der Waals surface area (Å²) in [6.07, 6.45) is 2.93. The summed E-state index contributed by atoms with van der Waals surface area (Å²) < 4.78 is 5.12. The van der Waals surface area contributed by atoms with Gasteiger partial charge in [0.05, 0.1) is 0 Å². The molecule has 1 aliphatic rings. The number of nitrogens with one attached hydrogen (secondary N) is 2. The topological polar surface area (TPSA) is 99.7 Å². The van der Waals surface area contributed by atoms with Crippen molar-refractivity contribution in [3.63, 3.8) is 0 Å². The summed E-state index contributed by atoms with van der Waals surface area (Å²) in [6.45, 7) is 8.64. The number of hydrogen-bond donors (Lipinski definition) is 2. The first-order chi connectivity index (χ1) is 11.8. The van der Waals surface area contributed by atoms with Gasteiger partial charge in [-0.2, -0.15) is 0 Å². The molecule has 0 atom stereocenters. The van der Waals surface area contributed by atoms with Gasteiger partial charge in [-0.05, 0) is 26.8 Å². The first-order valence-corrected chi connectivity index (χ1v) is 8.37. The molecule has 0 aromatic carbocycles. The predicted molar refractivity (Wildman–Crippen MR) is 93.5 cm³/mol. The molecule has 138 valence electrons. The van der Waals surface area contributed by atoms with Gasteiger partial charge in [0.1, 0.15) is 5.60 Å². The molecule has 1 aliphatic heterocycles. The van der Waals surface area contributed by atoms with Gasteiger partial charge < -0.3 is 25.2 Å². The molecule has 9 heteroatoms. The molecule has 1 aromatic heterocycles. The number of aromatic nitrogens is 2. The molecule has 0 aliphatic carbocycles. The van der Waals surface area contributed by atoms with Crippen LogP contribution in [0.5, 0.6) is 0 Å². The number of nitrogens with zero attached hydrogens (tertiary/aromatic N) is 4. The van der Waals surface area contributed by atoms with E-state index in [1.165, 1.54) is 0 Å². The monoisotopic (exact) mass is 350 g/mol. The fourth-order valence-electron chi connectivity index (χ4n) is 2.32. The van der Waals surface area contributed by atoms with Crippen LogP contribution in [0.1, 0.15) is 20.8 Å². The lowest BCUT2D eigenvalue weighted by molar-refractivity contribution is 0.0528. The Morgan fingerprint density at radius 1 is 1.08 bits per heavy atom. The molecule has 1 fully saturated rings. The predicted octanol–water partition coefficient (Wildman–Crippen LogP) is 0.833. The zero-order chi connectivity index (χ0) is 18.3. The van der Waals surface area contributed by atoms with Gasteiger partial charge in [0.25, 0.3) is 0 Å². The Morgan fingerprint density at radius 2 is 1.68 bits per heavy atom. The van der Waals surface area contributed by atoms with E-state index in [0.717, 1.165) is 0 Å². The van der Waals surface area contributed by atoms with Crippen LogP contribution in [0.2, 0.25) is 0 Å². The van der Waals surface area contributed by atoms with Crippen LogP contribution in [0.3, 0.4) is 0 Å². The standard InChI is InChI=1S/C16H26N6O3/c1-16(2,3)25-15(24)20-8-7-19-14(23)22-11-9-21(10-12-22)13-17-5-4-6-18-13/h4-6H,7-12H2,1-3H3,(H,19,23)(H,20,24). The molecule has 0 bridgehead atoms. The van der Waals surface area contributed by atoms with Crippen molar-refractivity contribution in [2.45, 2.75) is 26.4 Å². The Hall–Kier alpha value is -2.58. The highest BCUT2D eigenvalue weighted by atomic mass is 16.6. The van der Waals surface area contributed by atoms with E-state index in [9.17, 15) is 9.59 Å². The van der Waals surface area contributed by atoms with E-state index in [2.05, 4.69) is 20.6 Å². The van der Waals surface area contributed by atoms with E-state index in [0.29, 0.717) is 45.2 Å². The summed E-state index contributed by atoms with van der Waals surface area (Å²) in [4.78, 5) is 35.9. The van der Waals surface area contributed by atoms with E-state index in [1.54, 1.807) is 44.1 Å². The summed E-state index contributed by atoms with van der Waals surface area (Å²) in [6, 6.07) is 1.64. The van der Waals surface area contributed by atoms with Gasteiger partial charge in [-0.15, -0.1) is 0 Å². The maximum Gasteiger partial charge on any atom is 0.407 e. The fraction of sp³-hybridized carbons (Fsp3) is 0.625. The van der Waals surface area contributed by atoms with Crippen LogP contribution >= 0.6 is 0 Å². The van der Waals surface area contributed by atoms with Gasteiger partial charge in [-0.1, -0.05) is 0 Å². The molecule has 2 N–H and O–H groups in total. The van der Waals surface area contributed by atoms with Crippen LogP contribution in [-0.4, -0.2) is 71.9 Å². The maximum atomic E-state index is 12.1. The van der Waals surface area contributed by atoms with Crippen molar-refractivity contribution in [3.05, 3.63) is 18.5 Å². The molecular weight excluding hydrogens is 324 g/mol. The number of ether oxygens (including phenoxy) is 1. The van der Waals surface area contributed by atoms with Crippen molar-refractivity contribution in [2.24, 2.45) is 0 Å². The second kappa shape index (κ2) is 8.50. The molecule has 3 amide bonds. The van der Waals surface area contributed by atoms with Gasteiger partial charge in [0.2, 0.25) is 5.95 Å². The van der Waals surface area contributed by atoms with Crippen LogP contribution in [-0.2, 0) is 4.74 Å². The molecule has 0 unspecified atom stereocenters. The van der Waals surface area contributed by atoms with Crippen molar-refractivity contribution in [2.75, 3.05) is 44.2 Å². The van der Waals surface area contributed by atoms with Crippen molar-refractivity contribution in [1.29, 1.82) is 0 Å². The SMILES string of the molecule is CC(C)(C)OC(=O)NCCNC(=O)N1CCN(c2ncccn2)CC1. The van der Waals surface area contributed by atoms with Crippen LogP contribution in [0.25, 0.3) is 0 Å². The lowest BCUT2D eigenvalue weighted by Gasteiger charge is -2.34. The summed E-state index contributed by atoms with van der Waals surface area (Å²) in [5.41, 5.74) is -0.532. The minimum absolute atomic E-state index is 0.139. The number of hydrogen-bond acceptors (Lipinski definition) is 6. The van der Waals surface area contributed by atoms with Gasteiger partial charge in [-0.25, -0.2) is 19.6 Å². The molecule has 0 saturated carbocycles. The maximum absolute atomic E-state index is 12.1. The number of anilines is 1. The Morgan fingerprint density at radius 3 is 2.28 bits per heavy atom. The van der Waals surface area contributed by atoms with Crippen molar-refractivity contribution in [1.82, 2.24) is 25.5 Å². The second-order valence-corrected chi connectivity index (χ2v) is 6.68.